The summed E-state index contributed by atoms with van der Waals surface area (Å²) in [5.74, 6) is -0.344. The lowest BCUT2D eigenvalue weighted by Gasteiger charge is -2.34. The lowest BCUT2D eigenvalue weighted by molar-refractivity contribution is -0.123. The largest absolute Gasteiger partial charge is 0.312 e. The van der Waals surface area contributed by atoms with E-state index < -0.39 is 10.0 Å². The molecule has 1 aliphatic heterocycles. The number of amides is 1. The number of benzene rings is 2. The van der Waals surface area contributed by atoms with Crippen molar-refractivity contribution in [3.8, 4) is 0 Å². The lowest BCUT2D eigenvalue weighted by Crippen LogP contribution is -2.46. The van der Waals surface area contributed by atoms with Crippen molar-refractivity contribution in [2.75, 3.05) is 24.5 Å². The third kappa shape index (κ3) is 4.42. The van der Waals surface area contributed by atoms with Crippen LogP contribution in [-0.4, -0.2) is 38.3 Å². The van der Waals surface area contributed by atoms with Gasteiger partial charge in [0.1, 0.15) is 0 Å². The molecule has 144 valence electrons. The number of hydrogen-bond donors (Lipinski definition) is 0. The first-order valence-electron chi connectivity index (χ1n) is 9.05. The summed E-state index contributed by atoms with van der Waals surface area (Å²) >= 11 is 3.32. The predicted molar refractivity (Wildman–Crippen MR) is 110 cm³/mol. The third-order valence-corrected chi connectivity index (χ3v) is 7.24. The van der Waals surface area contributed by atoms with E-state index in [2.05, 4.69) is 15.9 Å². The maximum atomic E-state index is 13.1. The highest BCUT2D eigenvalue weighted by molar-refractivity contribution is 9.10. The molecule has 0 bridgehead atoms. The molecule has 7 heteroatoms. The van der Waals surface area contributed by atoms with Crippen molar-refractivity contribution in [1.29, 1.82) is 0 Å². The summed E-state index contributed by atoms with van der Waals surface area (Å²) in [7, 11) is -3.60. The molecule has 1 amide bonds. The molecule has 0 spiro atoms. The fourth-order valence-electron chi connectivity index (χ4n) is 3.41. The molecule has 27 heavy (non-hydrogen) atoms. The number of carbonyl (C=O) groups is 1. The van der Waals surface area contributed by atoms with Gasteiger partial charge in [-0.2, -0.15) is 4.31 Å². The monoisotopic (exact) mass is 450 g/mol. The molecule has 0 saturated carbocycles. The van der Waals surface area contributed by atoms with E-state index in [0.29, 0.717) is 25.9 Å². The van der Waals surface area contributed by atoms with Crippen molar-refractivity contribution in [2.24, 2.45) is 5.92 Å². The van der Waals surface area contributed by atoms with E-state index in [0.717, 1.165) is 10.2 Å². The van der Waals surface area contributed by atoms with Crippen LogP contribution >= 0.6 is 15.9 Å². The number of rotatable bonds is 5. The standard InChI is InChI=1S/C20H23BrN2O3S/c1-2-23(18-8-4-3-5-9-18)20(24)16-7-6-14-22(15-16)27(25,26)19-12-10-17(21)11-13-19/h3-5,8-13,16H,2,6-7,14-15H2,1H3/t16-/m0/s1. The number of hydrogen-bond acceptors (Lipinski definition) is 3. The molecule has 0 aliphatic carbocycles. The van der Waals surface area contributed by atoms with Crippen molar-refractivity contribution >= 4 is 37.5 Å². The Kier molecular flexibility index (Phi) is 6.34. The fourth-order valence-corrected chi connectivity index (χ4v) is 5.20. The van der Waals surface area contributed by atoms with Gasteiger partial charge < -0.3 is 4.90 Å². The first-order valence-corrected chi connectivity index (χ1v) is 11.3. The molecule has 0 N–H and O–H groups in total. The topological polar surface area (TPSA) is 57.7 Å². The van der Waals surface area contributed by atoms with Gasteiger partial charge in [0.05, 0.1) is 10.8 Å². The Bertz CT molecular complexity index is 885. The van der Waals surface area contributed by atoms with E-state index >= 15 is 0 Å². The molecule has 0 unspecified atom stereocenters. The Morgan fingerprint density at radius 1 is 1.15 bits per heavy atom. The highest BCUT2D eigenvalue weighted by Gasteiger charge is 2.35. The fraction of sp³-hybridized carbons (Fsp3) is 0.350. The molecule has 1 aliphatic rings. The van der Waals surface area contributed by atoms with Gasteiger partial charge in [0.25, 0.3) is 0 Å². The van der Waals surface area contributed by atoms with Crippen molar-refractivity contribution in [1.82, 2.24) is 4.31 Å². The van der Waals surface area contributed by atoms with Crippen molar-refractivity contribution in [3.63, 3.8) is 0 Å². The van der Waals surface area contributed by atoms with Crippen molar-refractivity contribution < 1.29 is 13.2 Å². The summed E-state index contributed by atoms with van der Waals surface area (Å²) in [5.41, 5.74) is 0.845. The quantitative estimate of drug-likeness (QED) is 0.693. The van der Waals surface area contributed by atoms with E-state index in [1.807, 2.05) is 37.3 Å². The van der Waals surface area contributed by atoms with Crippen LogP contribution in [0.2, 0.25) is 0 Å². The van der Waals surface area contributed by atoms with Crippen LogP contribution in [0, 0.1) is 5.92 Å². The number of anilines is 1. The maximum Gasteiger partial charge on any atom is 0.243 e. The van der Waals surface area contributed by atoms with Crippen molar-refractivity contribution in [2.45, 2.75) is 24.7 Å². The molecule has 1 atom stereocenters. The second-order valence-electron chi connectivity index (χ2n) is 6.57. The van der Waals surface area contributed by atoms with Gasteiger partial charge in [-0.1, -0.05) is 34.1 Å². The highest BCUT2D eigenvalue weighted by Crippen LogP contribution is 2.27. The minimum Gasteiger partial charge on any atom is -0.312 e. The van der Waals surface area contributed by atoms with Gasteiger partial charge in [0.15, 0.2) is 0 Å². The second-order valence-corrected chi connectivity index (χ2v) is 9.43. The Morgan fingerprint density at radius 3 is 2.44 bits per heavy atom. The Balaban J connectivity index is 1.79. The van der Waals surface area contributed by atoms with Crippen LogP contribution in [0.3, 0.4) is 0 Å². The van der Waals surface area contributed by atoms with Crippen LogP contribution < -0.4 is 4.90 Å². The zero-order valence-corrected chi connectivity index (χ0v) is 17.6. The molecule has 2 aromatic carbocycles. The molecule has 2 aromatic rings. The maximum absolute atomic E-state index is 13.1. The van der Waals surface area contributed by atoms with E-state index in [1.54, 1.807) is 29.2 Å². The van der Waals surface area contributed by atoms with Crippen LogP contribution in [0.1, 0.15) is 19.8 Å². The Morgan fingerprint density at radius 2 is 1.81 bits per heavy atom. The summed E-state index contributed by atoms with van der Waals surface area (Å²) < 4.78 is 28.2. The van der Waals surface area contributed by atoms with Gasteiger partial charge in [-0.15, -0.1) is 0 Å². The Hall–Kier alpha value is -1.70. The van der Waals surface area contributed by atoms with Gasteiger partial charge in [0.2, 0.25) is 15.9 Å². The van der Waals surface area contributed by atoms with Gasteiger partial charge >= 0.3 is 0 Å². The number of para-hydroxylation sites is 1. The van der Waals surface area contributed by atoms with E-state index in [-0.39, 0.29) is 23.3 Å². The molecule has 1 heterocycles. The predicted octanol–water partition coefficient (Wildman–Crippen LogP) is 3.90. The van der Waals surface area contributed by atoms with E-state index in [9.17, 15) is 13.2 Å². The summed E-state index contributed by atoms with van der Waals surface area (Å²) in [6.07, 6.45) is 1.38. The average Bonchev–Trinajstić information content (AvgIpc) is 2.70. The number of halogens is 1. The first-order chi connectivity index (χ1) is 12.9. The molecule has 1 saturated heterocycles. The van der Waals surface area contributed by atoms with E-state index in [1.165, 1.54) is 4.31 Å². The van der Waals surface area contributed by atoms with Gasteiger partial charge in [-0.3, -0.25) is 4.79 Å². The lowest BCUT2D eigenvalue weighted by atomic mass is 9.97. The zero-order valence-electron chi connectivity index (χ0n) is 15.2. The van der Waals surface area contributed by atoms with Gasteiger partial charge in [-0.05, 0) is 56.2 Å². The smallest absolute Gasteiger partial charge is 0.243 e. The normalized spacial score (nSPS) is 18.2. The summed E-state index contributed by atoms with van der Waals surface area (Å²) in [6, 6.07) is 16.1. The minimum atomic E-state index is -3.60. The van der Waals surface area contributed by atoms with E-state index in [4.69, 9.17) is 0 Å². The molecule has 5 nitrogen and oxygen atoms in total. The third-order valence-electron chi connectivity index (χ3n) is 4.83. The van der Waals surface area contributed by atoms with Gasteiger partial charge in [0, 0.05) is 29.8 Å². The molecular weight excluding hydrogens is 428 g/mol. The molecule has 0 aromatic heterocycles. The summed E-state index contributed by atoms with van der Waals surface area (Å²) in [5, 5.41) is 0. The average molecular weight is 451 g/mol. The first kappa shape index (κ1) is 20.0. The molecule has 0 radical (unpaired) electrons. The molecule has 1 fully saturated rings. The highest BCUT2D eigenvalue weighted by atomic mass is 79.9. The Labute approximate surface area is 169 Å². The minimum absolute atomic E-state index is 0.0144. The molecule has 3 rings (SSSR count). The SMILES string of the molecule is CCN(C(=O)[C@H]1CCCN(S(=O)(=O)c2ccc(Br)cc2)C1)c1ccccc1. The number of nitrogens with zero attached hydrogens (tertiary/aromatic N) is 2. The number of piperidine rings is 1. The van der Waals surface area contributed by atoms with Crippen LogP contribution in [0.25, 0.3) is 0 Å². The number of sulfonamides is 1. The van der Waals surface area contributed by atoms with Crippen molar-refractivity contribution in [3.05, 3.63) is 59.1 Å². The van der Waals surface area contributed by atoms with Crippen LogP contribution in [0.5, 0.6) is 0 Å². The summed E-state index contributed by atoms with van der Waals surface area (Å²) in [6.45, 7) is 3.16. The summed E-state index contributed by atoms with van der Waals surface area (Å²) in [4.78, 5) is 15.1. The van der Waals surface area contributed by atoms with Crippen LogP contribution in [0.4, 0.5) is 5.69 Å². The zero-order chi connectivity index (χ0) is 19.4. The van der Waals surface area contributed by atoms with Crippen LogP contribution in [-0.2, 0) is 14.8 Å². The molecular formula is C20H23BrN2O3S. The van der Waals surface area contributed by atoms with Gasteiger partial charge in [-0.25, -0.2) is 8.42 Å². The number of carbonyl (C=O) groups excluding carboxylic acids is 1. The van der Waals surface area contributed by atoms with Crippen LogP contribution in [0.15, 0.2) is 64.0 Å². The second kappa shape index (κ2) is 8.54.